The molecule has 1 fully saturated rings. The first-order valence-electron chi connectivity index (χ1n) is 6.25. The van der Waals surface area contributed by atoms with Crippen molar-refractivity contribution >= 4 is 17.5 Å². The highest BCUT2D eigenvalue weighted by Crippen LogP contribution is 2.39. The third-order valence-corrected chi connectivity index (χ3v) is 3.63. The lowest BCUT2D eigenvalue weighted by molar-refractivity contribution is 0.0264. The molecule has 108 valence electrons. The van der Waals surface area contributed by atoms with Gasteiger partial charge in [0.2, 0.25) is 6.79 Å². The number of rotatable bonds is 3. The second-order valence-corrected chi connectivity index (χ2v) is 5.31. The average molecular weight is 300 g/mol. The third-order valence-electron chi connectivity index (χ3n) is 3.35. The van der Waals surface area contributed by atoms with Crippen LogP contribution in [0.5, 0.6) is 11.5 Å². The number of ether oxygens (including phenoxy) is 3. The number of fused-ring (bicyclic) bond motifs is 1. The molecule has 0 radical (unpaired) electrons. The molecule has 2 aliphatic rings. The molecule has 20 heavy (non-hydrogen) atoms. The molecule has 0 saturated carbocycles. The second-order valence-electron chi connectivity index (χ2n) is 4.90. The van der Waals surface area contributed by atoms with E-state index in [2.05, 4.69) is 5.32 Å². The molecule has 1 atom stereocenters. The van der Waals surface area contributed by atoms with Crippen LogP contribution < -0.4 is 14.8 Å². The van der Waals surface area contributed by atoms with Crippen molar-refractivity contribution in [1.82, 2.24) is 5.32 Å². The Morgan fingerprint density at radius 2 is 2.30 bits per heavy atom. The van der Waals surface area contributed by atoms with Gasteiger partial charge >= 0.3 is 0 Å². The molecule has 0 bridgehead atoms. The summed E-state index contributed by atoms with van der Waals surface area (Å²) < 4.78 is 15.5. The topological polar surface area (TPSA) is 77.0 Å². The quantitative estimate of drug-likeness (QED) is 0.869. The number of carbonyl (C=O) groups excluding carboxylic acids is 1. The number of hydrogen-bond acceptors (Lipinski definition) is 5. The van der Waals surface area contributed by atoms with Gasteiger partial charge in [-0.3, -0.25) is 4.79 Å². The van der Waals surface area contributed by atoms with Crippen LogP contribution in [-0.4, -0.2) is 43.2 Å². The van der Waals surface area contributed by atoms with Crippen molar-refractivity contribution in [2.45, 2.75) is 12.0 Å². The molecule has 0 spiro atoms. The molecule has 1 aromatic carbocycles. The van der Waals surface area contributed by atoms with Crippen LogP contribution in [0.3, 0.4) is 0 Å². The van der Waals surface area contributed by atoms with Gasteiger partial charge in [0.15, 0.2) is 11.5 Å². The predicted molar refractivity (Wildman–Crippen MR) is 70.3 cm³/mol. The fourth-order valence-electron chi connectivity index (χ4n) is 2.18. The van der Waals surface area contributed by atoms with Crippen LogP contribution in [0.25, 0.3) is 0 Å². The molecule has 0 aliphatic carbocycles. The fourth-order valence-corrected chi connectivity index (χ4v) is 2.45. The normalized spacial score (nSPS) is 23.9. The molecule has 2 N–H and O–H groups in total. The Bertz CT molecular complexity index is 542. The van der Waals surface area contributed by atoms with Gasteiger partial charge in [0, 0.05) is 25.1 Å². The van der Waals surface area contributed by atoms with Crippen molar-refractivity contribution in [2.75, 3.05) is 26.6 Å². The molecular weight excluding hydrogens is 286 g/mol. The lowest BCUT2D eigenvalue weighted by Gasteiger charge is -2.20. The Hall–Kier alpha value is -1.50. The molecule has 7 heteroatoms. The standard InChI is InChI=1S/C13H14ClNO5/c14-9-3-8(4-10-11(9)20-7-19-10)12(16)15-5-13(17)1-2-18-6-13/h3-4,17H,1-2,5-7H2,(H,15,16). The second kappa shape index (κ2) is 5.12. The minimum atomic E-state index is -0.990. The molecule has 1 unspecified atom stereocenters. The first-order valence-corrected chi connectivity index (χ1v) is 6.63. The number of carbonyl (C=O) groups is 1. The van der Waals surface area contributed by atoms with Crippen LogP contribution in [0.1, 0.15) is 16.8 Å². The van der Waals surface area contributed by atoms with E-state index in [0.717, 1.165) is 0 Å². The molecule has 2 heterocycles. The van der Waals surface area contributed by atoms with E-state index in [0.29, 0.717) is 35.1 Å². The number of hydrogen-bond donors (Lipinski definition) is 2. The summed E-state index contributed by atoms with van der Waals surface area (Å²) >= 11 is 6.02. The zero-order valence-corrected chi connectivity index (χ0v) is 11.4. The summed E-state index contributed by atoms with van der Waals surface area (Å²) in [5.41, 5.74) is -0.628. The SMILES string of the molecule is O=C(NCC1(O)CCOC1)c1cc(Cl)c2c(c1)OCO2. The van der Waals surface area contributed by atoms with Gasteiger partial charge in [-0.25, -0.2) is 0 Å². The van der Waals surface area contributed by atoms with Crippen LogP contribution in [-0.2, 0) is 4.74 Å². The Kier molecular flexibility index (Phi) is 3.45. The Balaban J connectivity index is 1.70. The maximum absolute atomic E-state index is 12.1. The van der Waals surface area contributed by atoms with Crippen LogP contribution in [0.2, 0.25) is 5.02 Å². The molecule has 1 aromatic rings. The molecule has 0 aromatic heterocycles. The van der Waals surface area contributed by atoms with Crippen molar-refractivity contribution in [3.05, 3.63) is 22.7 Å². The summed E-state index contributed by atoms with van der Waals surface area (Å²) in [6.45, 7) is 0.965. The number of nitrogens with one attached hydrogen (secondary N) is 1. The minimum absolute atomic E-state index is 0.0945. The van der Waals surface area contributed by atoms with Crippen molar-refractivity contribution in [3.63, 3.8) is 0 Å². The molecule has 3 rings (SSSR count). The fraction of sp³-hybridized carbons (Fsp3) is 0.462. The minimum Gasteiger partial charge on any atom is -0.454 e. The highest BCUT2D eigenvalue weighted by atomic mass is 35.5. The van der Waals surface area contributed by atoms with E-state index in [9.17, 15) is 9.90 Å². The van der Waals surface area contributed by atoms with E-state index >= 15 is 0 Å². The summed E-state index contributed by atoms with van der Waals surface area (Å²) in [6, 6.07) is 3.08. The third kappa shape index (κ3) is 2.54. The van der Waals surface area contributed by atoms with Gasteiger partial charge in [-0.05, 0) is 12.1 Å². The van der Waals surface area contributed by atoms with Gasteiger partial charge < -0.3 is 24.6 Å². The van der Waals surface area contributed by atoms with Crippen molar-refractivity contribution in [3.8, 4) is 11.5 Å². The highest BCUT2D eigenvalue weighted by molar-refractivity contribution is 6.32. The first-order chi connectivity index (χ1) is 9.57. The zero-order chi connectivity index (χ0) is 14.2. The number of benzene rings is 1. The predicted octanol–water partition coefficient (Wildman–Crippen LogP) is 0.950. The van der Waals surface area contributed by atoms with Gasteiger partial charge in [0.05, 0.1) is 11.6 Å². The van der Waals surface area contributed by atoms with E-state index in [1.165, 1.54) is 6.07 Å². The maximum Gasteiger partial charge on any atom is 0.251 e. The van der Waals surface area contributed by atoms with Gasteiger partial charge in [-0.15, -0.1) is 0 Å². The monoisotopic (exact) mass is 299 g/mol. The van der Waals surface area contributed by atoms with Gasteiger partial charge in [-0.2, -0.15) is 0 Å². The van der Waals surface area contributed by atoms with Gasteiger partial charge in [-0.1, -0.05) is 11.6 Å². The summed E-state index contributed by atoms with van der Waals surface area (Å²) in [6.07, 6.45) is 0.509. The molecule has 1 saturated heterocycles. The first kappa shape index (κ1) is 13.5. The van der Waals surface area contributed by atoms with Crippen molar-refractivity contribution in [2.24, 2.45) is 0 Å². The van der Waals surface area contributed by atoms with E-state index in [4.69, 9.17) is 25.8 Å². The van der Waals surface area contributed by atoms with Crippen LogP contribution in [0.4, 0.5) is 0 Å². The van der Waals surface area contributed by atoms with E-state index in [1.54, 1.807) is 6.07 Å². The van der Waals surface area contributed by atoms with Gasteiger partial charge in [0.25, 0.3) is 5.91 Å². The van der Waals surface area contributed by atoms with E-state index in [-0.39, 0.29) is 25.9 Å². The Labute approximate surface area is 120 Å². The number of aliphatic hydroxyl groups is 1. The van der Waals surface area contributed by atoms with E-state index < -0.39 is 5.60 Å². The number of amides is 1. The zero-order valence-electron chi connectivity index (χ0n) is 10.6. The van der Waals surface area contributed by atoms with Crippen LogP contribution in [0.15, 0.2) is 12.1 Å². The van der Waals surface area contributed by atoms with E-state index in [1.807, 2.05) is 0 Å². The molecular formula is C13H14ClNO5. The summed E-state index contributed by atoms with van der Waals surface area (Å²) in [4.78, 5) is 12.1. The van der Waals surface area contributed by atoms with Crippen LogP contribution in [0, 0.1) is 0 Å². The summed E-state index contributed by atoms with van der Waals surface area (Å²) in [5, 5.41) is 13.1. The smallest absolute Gasteiger partial charge is 0.251 e. The number of halogens is 1. The lowest BCUT2D eigenvalue weighted by Crippen LogP contribution is -2.43. The van der Waals surface area contributed by atoms with Gasteiger partial charge in [0.1, 0.15) is 5.60 Å². The van der Waals surface area contributed by atoms with Crippen LogP contribution >= 0.6 is 11.6 Å². The molecule has 6 nitrogen and oxygen atoms in total. The molecule has 2 aliphatic heterocycles. The average Bonchev–Trinajstić information content (AvgIpc) is 3.05. The lowest BCUT2D eigenvalue weighted by atomic mass is 10.0. The van der Waals surface area contributed by atoms with Crippen molar-refractivity contribution in [1.29, 1.82) is 0 Å². The summed E-state index contributed by atoms with van der Waals surface area (Å²) in [7, 11) is 0. The van der Waals surface area contributed by atoms with Crippen molar-refractivity contribution < 1.29 is 24.1 Å². The molecule has 1 amide bonds. The Morgan fingerprint density at radius 1 is 1.45 bits per heavy atom. The maximum atomic E-state index is 12.1. The summed E-state index contributed by atoms with van der Waals surface area (Å²) in [5.74, 6) is 0.571. The Morgan fingerprint density at radius 3 is 3.05 bits per heavy atom. The largest absolute Gasteiger partial charge is 0.454 e. The highest BCUT2D eigenvalue weighted by Gasteiger charge is 2.32.